The molecule has 0 aliphatic heterocycles. The minimum atomic E-state index is -0.594. The Balaban J connectivity index is 0.00000212. The zero-order valence-electron chi connectivity index (χ0n) is 25.2. The summed E-state index contributed by atoms with van der Waals surface area (Å²) in [6.07, 6.45) is 5.83. The van der Waals surface area contributed by atoms with Crippen LogP contribution < -0.4 is 45.6 Å². The second kappa shape index (κ2) is 13.1. The van der Waals surface area contributed by atoms with Gasteiger partial charge in [-0.25, -0.2) is 9.78 Å². The Morgan fingerprint density at radius 2 is 1.71 bits per heavy atom. The molecule has 6 rings (SSSR count). The average molecular weight is 573 g/mol. The number of hydrogen-bond donors (Lipinski definition) is 1. The number of aromatic nitrogens is 4. The monoisotopic (exact) mass is 572 g/mol. The van der Waals surface area contributed by atoms with Crippen molar-refractivity contribution >= 4 is 0 Å². The first kappa shape index (κ1) is 29.8. The van der Waals surface area contributed by atoms with Crippen molar-refractivity contribution in [1.29, 1.82) is 0 Å². The summed E-state index contributed by atoms with van der Waals surface area (Å²) in [5, 5.41) is 3.85. The maximum atomic E-state index is 13.9. The van der Waals surface area contributed by atoms with E-state index in [1.807, 2.05) is 79.7 Å². The fourth-order valence-electron chi connectivity index (χ4n) is 5.29. The average Bonchev–Trinajstić information content (AvgIpc) is 3.40. The number of rotatable bonds is 9. The predicted octanol–water partition coefficient (Wildman–Crippen LogP) is 3.14. The van der Waals surface area contributed by atoms with Crippen LogP contribution in [0, 0.1) is 6.92 Å². The van der Waals surface area contributed by atoms with E-state index in [2.05, 4.69) is 17.1 Å². The van der Waals surface area contributed by atoms with Crippen molar-refractivity contribution in [1.82, 2.24) is 19.7 Å². The predicted molar refractivity (Wildman–Crippen MR) is 159 cm³/mol. The minimum absolute atomic E-state index is 0. The van der Waals surface area contributed by atoms with Gasteiger partial charge in [-0.05, 0) is 73.6 Å². The van der Waals surface area contributed by atoms with Gasteiger partial charge in [-0.2, -0.15) is 0 Å². The number of H-pyrrole nitrogens is 1. The fourth-order valence-corrected chi connectivity index (χ4v) is 5.29. The van der Waals surface area contributed by atoms with Gasteiger partial charge in [0.2, 0.25) is 0 Å². The quantitative estimate of drug-likeness (QED) is 0.272. The van der Waals surface area contributed by atoms with Gasteiger partial charge in [0.25, 0.3) is 5.56 Å². The van der Waals surface area contributed by atoms with Crippen molar-refractivity contribution in [3.05, 3.63) is 116 Å². The summed E-state index contributed by atoms with van der Waals surface area (Å²) in [6, 6.07) is 23.5. The van der Waals surface area contributed by atoms with Crippen LogP contribution >= 0.6 is 0 Å². The van der Waals surface area contributed by atoms with Crippen LogP contribution in [0.2, 0.25) is 0 Å². The maximum Gasteiger partial charge on any atom is 1.00 e. The Morgan fingerprint density at radius 1 is 1.00 bits per heavy atom. The molecule has 9 heteroatoms. The SMILES string of the molecule is CCCc1nc(C)n(-c2ccc(OC3CCC3)cc2)c(=O)c1Cc1ccc(-c2ccccc2-c2noc(=O)[nH]2)cc1.[H-].[Na+]. The normalized spacial score (nSPS) is 12.9. The van der Waals surface area contributed by atoms with E-state index in [-0.39, 0.29) is 36.5 Å². The smallest absolute Gasteiger partial charge is 1.00 e. The molecule has 8 nitrogen and oxygen atoms in total. The molecule has 0 saturated heterocycles. The molecule has 3 aromatic carbocycles. The van der Waals surface area contributed by atoms with Crippen LogP contribution in [0.25, 0.3) is 28.2 Å². The van der Waals surface area contributed by atoms with Gasteiger partial charge in [-0.3, -0.25) is 18.9 Å². The molecule has 0 radical (unpaired) electrons. The largest absolute Gasteiger partial charge is 1.00 e. The van der Waals surface area contributed by atoms with Crippen LogP contribution in [-0.4, -0.2) is 25.8 Å². The van der Waals surface area contributed by atoms with Crippen LogP contribution in [0.1, 0.15) is 56.7 Å². The third-order valence-corrected chi connectivity index (χ3v) is 7.63. The first-order valence-corrected chi connectivity index (χ1v) is 14.1. The summed E-state index contributed by atoms with van der Waals surface area (Å²) in [4.78, 5) is 33.0. The van der Waals surface area contributed by atoms with E-state index in [1.54, 1.807) is 4.57 Å². The second-order valence-electron chi connectivity index (χ2n) is 10.5. The van der Waals surface area contributed by atoms with Gasteiger partial charge in [-0.1, -0.05) is 67.0 Å². The second-order valence-corrected chi connectivity index (χ2v) is 10.5. The van der Waals surface area contributed by atoms with Gasteiger partial charge in [-0.15, -0.1) is 0 Å². The van der Waals surface area contributed by atoms with Crippen molar-refractivity contribution in [3.8, 4) is 34.0 Å². The Bertz CT molecular complexity index is 1790. The van der Waals surface area contributed by atoms with Crippen LogP contribution in [0.5, 0.6) is 5.75 Å². The van der Waals surface area contributed by atoms with Gasteiger partial charge in [0.15, 0.2) is 5.82 Å². The van der Waals surface area contributed by atoms with E-state index in [9.17, 15) is 9.59 Å². The van der Waals surface area contributed by atoms with E-state index in [4.69, 9.17) is 14.2 Å². The van der Waals surface area contributed by atoms with E-state index >= 15 is 0 Å². The van der Waals surface area contributed by atoms with Crippen LogP contribution in [0.3, 0.4) is 0 Å². The van der Waals surface area contributed by atoms with Crippen LogP contribution in [-0.2, 0) is 12.8 Å². The Kier molecular flexibility index (Phi) is 9.26. The molecule has 1 aliphatic carbocycles. The minimum Gasteiger partial charge on any atom is -1.00 e. The Morgan fingerprint density at radius 3 is 2.33 bits per heavy atom. The number of nitrogens with one attached hydrogen (secondary N) is 1. The number of nitrogens with zero attached hydrogens (tertiary/aromatic N) is 3. The standard InChI is InChI=1S/C33H32N4O4.Na.H/c1-3-7-30-29(32(38)37(21(2)34-30)24-16-18-26(19-17-24)40-25-8-6-9-25)20-22-12-14-23(15-13-22)27-10-4-5-11-28(27)31-35-33(39)41-36-31;;/h4-5,10-19,25H,3,6-9,20H2,1-2H3,(H,35,36,39);;/q;+1;-1. The molecule has 0 unspecified atom stereocenters. The molecule has 0 spiro atoms. The first-order chi connectivity index (χ1) is 20.0. The molecule has 2 aromatic heterocycles. The van der Waals surface area contributed by atoms with E-state index in [0.29, 0.717) is 29.7 Å². The van der Waals surface area contributed by atoms with Crippen molar-refractivity contribution in [2.75, 3.05) is 0 Å². The van der Waals surface area contributed by atoms with Gasteiger partial charge < -0.3 is 6.16 Å². The van der Waals surface area contributed by atoms with Gasteiger partial charge in [0.05, 0.1) is 17.5 Å². The van der Waals surface area contributed by atoms with Crippen molar-refractivity contribution in [2.45, 2.75) is 58.5 Å². The molecular weight excluding hydrogens is 539 g/mol. The number of benzene rings is 3. The van der Waals surface area contributed by atoms with Crippen molar-refractivity contribution in [3.63, 3.8) is 0 Å². The molecule has 1 aliphatic rings. The molecule has 0 amide bonds. The van der Waals surface area contributed by atoms with Crippen molar-refractivity contribution < 1.29 is 40.2 Å². The molecular formula is C33H33N4NaO4. The summed E-state index contributed by atoms with van der Waals surface area (Å²) in [5.74, 6) is 1.29. The number of aromatic amines is 1. The third kappa shape index (κ3) is 6.21. The molecule has 2 heterocycles. The Labute approximate surface area is 267 Å². The summed E-state index contributed by atoms with van der Waals surface area (Å²) >= 11 is 0. The maximum absolute atomic E-state index is 13.9. The van der Waals surface area contributed by atoms with Crippen molar-refractivity contribution in [2.24, 2.45) is 0 Å². The summed E-state index contributed by atoms with van der Waals surface area (Å²) in [7, 11) is 0. The number of hydrogen-bond acceptors (Lipinski definition) is 6. The van der Waals surface area contributed by atoms with E-state index < -0.39 is 5.76 Å². The number of aryl methyl sites for hydroxylation is 2. The van der Waals surface area contributed by atoms with E-state index in [0.717, 1.165) is 65.1 Å². The van der Waals surface area contributed by atoms with Gasteiger partial charge in [0.1, 0.15) is 11.6 Å². The zero-order valence-corrected chi connectivity index (χ0v) is 26.2. The molecule has 5 aromatic rings. The first-order valence-electron chi connectivity index (χ1n) is 14.1. The van der Waals surface area contributed by atoms with E-state index in [1.165, 1.54) is 6.42 Å². The third-order valence-electron chi connectivity index (χ3n) is 7.63. The molecule has 42 heavy (non-hydrogen) atoms. The fraction of sp³-hybridized carbons (Fsp3) is 0.273. The van der Waals surface area contributed by atoms with Crippen LogP contribution in [0.4, 0.5) is 0 Å². The molecule has 0 bridgehead atoms. The topological polar surface area (TPSA) is 103 Å². The zero-order chi connectivity index (χ0) is 28.3. The molecule has 1 saturated carbocycles. The Hall–Kier alpha value is -3.72. The van der Waals surface area contributed by atoms with Crippen LogP contribution in [0.15, 0.2) is 86.9 Å². The molecule has 1 fully saturated rings. The molecule has 1 N–H and O–H groups in total. The van der Waals surface area contributed by atoms with Gasteiger partial charge in [0, 0.05) is 17.5 Å². The van der Waals surface area contributed by atoms with Gasteiger partial charge >= 0.3 is 35.3 Å². The number of ether oxygens (including phenoxy) is 1. The summed E-state index contributed by atoms with van der Waals surface area (Å²) in [6.45, 7) is 3.99. The summed E-state index contributed by atoms with van der Waals surface area (Å²) in [5.41, 5.74) is 5.95. The molecule has 0 atom stereocenters. The molecule has 210 valence electrons. The summed E-state index contributed by atoms with van der Waals surface area (Å²) < 4.78 is 12.4.